The van der Waals surface area contributed by atoms with Crippen LogP contribution in [-0.4, -0.2) is 26.4 Å². The fraction of sp³-hybridized carbons (Fsp3) is 0.318. The Morgan fingerprint density at radius 1 is 1.07 bits per heavy atom. The normalized spacial score (nSPS) is 16.7. The zero-order valence-electron chi connectivity index (χ0n) is 15.9. The summed E-state index contributed by atoms with van der Waals surface area (Å²) in [4.78, 5) is 2.37. The third kappa shape index (κ3) is 2.30. The number of nitrogens with two attached hydrogens (primary N) is 1. The molecule has 2 N–H and O–H groups in total. The van der Waals surface area contributed by atoms with Crippen LogP contribution < -0.4 is 10.6 Å². The SMILES string of the molecule is Cc1cc(N)cc2c1CCN(c1nn3c(C4CC4)nnc3c3ccccc13)C2. The predicted molar refractivity (Wildman–Crippen MR) is 111 cm³/mol. The molecule has 1 fully saturated rings. The summed E-state index contributed by atoms with van der Waals surface area (Å²) < 4.78 is 1.98. The van der Waals surface area contributed by atoms with Gasteiger partial charge in [-0.15, -0.1) is 15.3 Å². The molecule has 1 saturated carbocycles. The van der Waals surface area contributed by atoms with Gasteiger partial charge in [0.15, 0.2) is 17.3 Å². The third-order valence-corrected chi connectivity index (χ3v) is 6.09. The van der Waals surface area contributed by atoms with E-state index >= 15 is 0 Å². The molecule has 0 bridgehead atoms. The summed E-state index contributed by atoms with van der Waals surface area (Å²) in [6.45, 7) is 3.93. The number of hydrogen-bond donors (Lipinski definition) is 1. The minimum atomic E-state index is 0.501. The minimum absolute atomic E-state index is 0.501. The van der Waals surface area contributed by atoms with Gasteiger partial charge in [0, 0.05) is 35.5 Å². The Hall–Kier alpha value is -3.15. The Kier molecular flexibility index (Phi) is 3.21. The molecule has 6 nitrogen and oxygen atoms in total. The number of benzene rings is 2. The molecule has 0 spiro atoms. The first-order chi connectivity index (χ1) is 13.7. The lowest BCUT2D eigenvalue weighted by Gasteiger charge is -2.31. The molecule has 6 rings (SSSR count). The smallest absolute Gasteiger partial charge is 0.185 e. The molecule has 0 radical (unpaired) electrons. The second-order valence-electron chi connectivity index (χ2n) is 8.08. The number of nitrogen functional groups attached to an aromatic ring is 1. The van der Waals surface area contributed by atoms with Crippen LogP contribution in [0.15, 0.2) is 36.4 Å². The maximum Gasteiger partial charge on any atom is 0.185 e. The van der Waals surface area contributed by atoms with Crippen molar-refractivity contribution < 1.29 is 0 Å². The average Bonchev–Trinajstić information content (AvgIpc) is 3.45. The van der Waals surface area contributed by atoms with Gasteiger partial charge < -0.3 is 10.6 Å². The van der Waals surface area contributed by atoms with Crippen molar-refractivity contribution in [1.82, 2.24) is 19.8 Å². The summed E-state index contributed by atoms with van der Waals surface area (Å²) in [5.74, 6) is 2.51. The second-order valence-corrected chi connectivity index (χ2v) is 8.08. The van der Waals surface area contributed by atoms with Crippen LogP contribution >= 0.6 is 0 Å². The van der Waals surface area contributed by atoms with Gasteiger partial charge in [-0.1, -0.05) is 24.3 Å². The molecule has 1 aliphatic carbocycles. The van der Waals surface area contributed by atoms with Gasteiger partial charge in [-0.2, -0.15) is 4.52 Å². The van der Waals surface area contributed by atoms with Crippen LogP contribution in [0.5, 0.6) is 0 Å². The van der Waals surface area contributed by atoms with Gasteiger partial charge in [0.2, 0.25) is 0 Å². The highest BCUT2D eigenvalue weighted by Gasteiger charge is 2.31. The van der Waals surface area contributed by atoms with Crippen molar-refractivity contribution in [3.63, 3.8) is 0 Å². The van der Waals surface area contributed by atoms with E-state index in [0.29, 0.717) is 5.92 Å². The highest BCUT2D eigenvalue weighted by atomic mass is 15.4. The van der Waals surface area contributed by atoms with Crippen molar-refractivity contribution in [2.45, 2.75) is 38.6 Å². The number of nitrogens with zero attached hydrogens (tertiary/aromatic N) is 5. The molecule has 1 aliphatic heterocycles. The van der Waals surface area contributed by atoms with Crippen LogP contribution in [0.2, 0.25) is 0 Å². The van der Waals surface area contributed by atoms with E-state index < -0.39 is 0 Å². The Labute approximate surface area is 163 Å². The third-order valence-electron chi connectivity index (χ3n) is 6.09. The topological polar surface area (TPSA) is 72.3 Å². The zero-order chi connectivity index (χ0) is 18.8. The summed E-state index contributed by atoms with van der Waals surface area (Å²) in [5.41, 5.74) is 11.8. The lowest BCUT2D eigenvalue weighted by molar-refractivity contribution is 0.703. The van der Waals surface area contributed by atoms with E-state index in [-0.39, 0.29) is 0 Å². The van der Waals surface area contributed by atoms with Gasteiger partial charge in [-0.05, 0) is 55.0 Å². The molecule has 0 amide bonds. The molecule has 28 heavy (non-hydrogen) atoms. The van der Waals surface area contributed by atoms with Crippen molar-refractivity contribution in [2.75, 3.05) is 17.2 Å². The van der Waals surface area contributed by atoms with E-state index in [2.05, 4.69) is 58.4 Å². The maximum absolute atomic E-state index is 6.12. The number of hydrogen-bond acceptors (Lipinski definition) is 5. The Morgan fingerprint density at radius 2 is 1.89 bits per heavy atom. The quantitative estimate of drug-likeness (QED) is 0.546. The van der Waals surface area contributed by atoms with Gasteiger partial charge >= 0.3 is 0 Å². The van der Waals surface area contributed by atoms with Crippen LogP contribution in [0.3, 0.4) is 0 Å². The maximum atomic E-state index is 6.12. The van der Waals surface area contributed by atoms with Crippen molar-refractivity contribution in [2.24, 2.45) is 0 Å². The summed E-state index contributed by atoms with van der Waals surface area (Å²) in [7, 11) is 0. The fourth-order valence-corrected chi connectivity index (χ4v) is 4.54. The molecule has 0 saturated heterocycles. The van der Waals surface area contributed by atoms with Crippen molar-refractivity contribution in [3.05, 3.63) is 58.9 Å². The number of aromatic nitrogens is 4. The lowest BCUT2D eigenvalue weighted by Crippen LogP contribution is -2.32. The van der Waals surface area contributed by atoms with E-state index in [4.69, 9.17) is 10.8 Å². The van der Waals surface area contributed by atoms with E-state index in [1.165, 1.54) is 29.5 Å². The molecule has 2 aromatic carbocycles. The molecular formula is C22H22N6. The zero-order valence-corrected chi connectivity index (χ0v) is 15.9. The first kappa shape index (κ1) is 15.9. The molecule has 140 valence electrons. The van der Waals surface area contributed by atoms with E-state index in [1.54, 1.807) is 0 Å². The first-order valence-electron chi connectivity index (χ1n) is 9.96. The Bertz CT molecular complexity index is 1240. The summed E-state index contributed by atoms with van der Waals surface area (Å²) in [5, 5.41) is 16.2. The van der Waals surface area contributed by atoms with Crippen LogP contribution in [0.25, 0.3) is 16.4 Å². The summed E-state index contributed by atoms with van der Waals surface area (Å²) in [6.07, 6.45) is 3.37. The van der Waals surface area contributed by atoms with Crippen LogP contribution in [-0.2, 0) is 13.0 Å². The Balaban J connectivity index is 1.54. The number of fused-ring (bicyclic) bond motifs is 4. The largest absolute Gasteiger partial charge is 0.399 e. The molecule has 4 aromatic rings. The van der Waals surface area contributed by atoms with Crippen molar-refractivity contribution in [1.29, 1.82) is 0 Å². The molecule has 6 heteroatoms. The minimum Gasteiger partial charge on any atom is -0.399 e. The predicted octanol–water partition coefficient (Wildman–Crippen LogP) is 3.61. The monoisotopic (exact) mass is 370 g/mol. The Morgan fingerprint density at radius 3 is 2.71 bits per heavy atom. The summed E-state index contributed by atoms with van der Waals surface area (Å²) in [6, 6.07) is 12.6. The number of aryl methyl sites for hydroxylation is 1. The first-order valence-corrected chi connectivity index (χ1v) is 9.96. The van der Waals surface area contributed by atoms with Gasteiger partial charge in [0.1, 0.15) is 0 Å². The molecule has 0 unspecified atom stereocenters. The average molecular weight is 370 g/mol. The highest BCUT2D eigenvalue weighted by molar-refractivity contribution is 6.00. The number of rotatable bonds is 2. The van der Waals surface area contributed by atoms with E-state index in [0.717, 1.165) is 53.3 Å². The van der Waals surface area contributed by atoms with Gasteiger partial charge in [-0.3, -0.25) is 0 Å². The van der Waals surface area contributed by atoms with Crippen LogP contribution in [0.4, 0.5) is 11.5 Å². The van der Waals surface area contributed by atoms with Crippen LogP contribution in [0, 0.1) is 6.92 Å². The number of anilines is 2. The van der Waals surface area contributed by atoms with E-state index in [1.807, 2.05) is 4.52 Å². The summed E-state index contributed by atoms with van der Waals surface area (Å²) >= 11 is 0. The molecule has 2 aliphatic rings. The highest BCUT2D eigenvalue weighted by Crippen LogP contribution is 2.40. The molecular weight excluding hydrogens is 348 g/mol. The van der Waals surface area contributed by atoms with Gasteiger partial charge in [0.25, 0.3) is 0 Å². The second kappa shape index (κ2) is 5.67. The van der Waals surface area contributed by atoms with Gasteiger partial charge in [-0.25, -0.2) is 0 Å². The molecule has 3 heterocycles. The standard InChI is InChI=1S/C22H22N6/c1-13-10-16(23)11-15-12-27(9-8-17(13)15)22-19-5-3-2-4-18(19)21-25-24-20(14-6-7-14)28(21)26-22/h2-5,10-11,14H,6-9,12,23H2,1H3. The van der Waals surface area contributed by atoms with Crippen molar-refractivity contribution >= 4 is 27.9 Å². The molecule has 2 aromatic heterocycles. The molecule has 0 atom stereocenters. The van der Waals surface area contributed by atoms with E-state index in [9.17, 15) is 0 Å². The van der Waals surface area contributed by atoms with Gasteiger partial charge in [0.05, 0.1) is 0 Å². The lowest BCUT2D eigenvalue weighted by atomic mass is 9.94. The van der Waals surface area contributed by atoms with Crippen molar-refractivity contribution in [3.8, 4) is 0 Å². The van der Waals surface area contributed by atoms with Crippen LogP contribution in [0.1, 0.15) is 41.3 Å². The fourth-order valence-electron chi connectivity index (χ4n) is 4.54.